The largest absolute Gasteiger partial charge is 0.367 e. The van der Waals surface area contributed by atoms with Crippen molar-refractivity contribution in [3.8, 4) is 0 Å². The van der Waals surface area contributed by atoms with Crippen molar-refractivity contribution >= 4 is 17.3 Å². The molecule has 3 heteroatoms. The maximum atomic E-state index is 6.55. The Morgan fingerprint density at radius 1 is 1.25 bits per heavy atom. The molecule has 20 heavy (non-hydrogen) atoms. The average Bonchev–Trinajstić information content (AvgIpc) is 2.70. The Kier molecular flexibility index (Phi) is 6.18. The van der Waals surface area contributed by atoms with Crippen LogP contribution in [-0.4, -0.2) is 19.1 Å². The molecule has 1 aromatic rings. The van der Waals surface area contributed by atoms with Gasteiger partial charge in [-0.05, 0) is 37.4 Å². The highest BCUT2D eigenvalue weighted by atomic mass is 35.5. The van der Waals surface area contributed by atoms with E-state index < -0.39 is 0 Å². The van der Waals surface area contributed by atoms with Crippen LogP contribution in [0, 0.1) is 0 Å². The van der Waals surface area contributed by atoms with Crippen molar-refractivity contribution in [2.45, 2.75) is 58.5 Å². The molecule has 0 aromatic heterocycles. The first-order valence-electron chi connectivity index (χ1n) is 8.02. The van der Waals surface area contributed by atoms with Gasteiger partial charge in [0.05, 0.1) is 10.7 Å². The van der Waals surface area contributed by atoms with Gasteiger partial charge in [-0.15, -0.1) is 0 Å². The van der Waals surface area contributed by atoms with Gasteiger partial charge < -0.3 is 10.2 Å². The van der Waals surface area contributed by atoms with E-state index in [1.807, 2.05) is 6.07 Å². The van der Waals surface area contributed by atoms with E-state index in [4.69, 9.17) is 11.6 Å². The van der Waals surface area contributed by atoms with Crippen molar-refractivity contribution in [1.82, 2.24) is 5.32 Å². The molecule has 1 N–H and O–H groups in total. The van der Waals surface area contributed by atoms with E-state index in [0.29, 0.717) is 6.04 Å². The first-order valence-corrected chi connectivity index (χ1v) is 8.40. The minimum absolute atomic E-state index is 0.637. The number of nitrogens with one attached hydrogen (secondary N) is 1. The summed E-state index contributed by atoms with van der Waals surface area (Å²) in [6, 6.07) is 6.95. The molecular weight excluding hydrogens is 268 g/mol. The molecule has 0 aliphatic carbocycles. The van der Waals surface area contributed by atoms with Crippen LogP contribution in [0.25, 0.3) is 0 Å². The van der Waals surface area contributed by atoms with Gasteiger partial charge in [0.2, 0.25) is 0 Å². The lowest BCUT2D eigenvalue weighted by molar-refractivity contribution is 0.554. The van der Waals surface area contributed by atoms with Gasteiger partial charge in [0.15, 0.2) is 0 Å². The van der Waals surface area contributed by atoms with Gasteiger partial charge in [-0.2, -0.15) is 0 Å². The quantitative estimate of drug-likeness (QED) is 0.853. The predicted octanol–water partition coefficient (Wildman–Crippen LogP) is 4.61. The summed E-state index contributed by atoms with van der Waals surface area (Å²) < 4.78 is 0. The van der Waals surface area contributed by atoms with Crippen LogP contribution in [0.1, 0.15) is 51.5 Å². The minimum Gasteiger partial charge on any atom is -0.367 e. The molecule has 1 unspecified atom stereocenters. The van der Waals surface area contributed by atoms with Crippen molar-refractivity contribution in [2.75, 3.05) is 18.0 Å². The zero-order valence-corrected chi connectivity index (χ0v) is 13.5. The van der Waals surface area contributed by atoms with Crippen LogP contribution in [0.5, 0.6) is 0 Å². The second-order valence-corrected chi connectivity index (χ2v) is 6.04. The summed E-state index contributed by atoms with van der Waals surface area (Å²) >= 11 is 6.55. The lowest BCUT2D eigenvalue weighted by Gasteiger charge is -2.34. The van der Waals surface area contributed by atoms with Crippen molar-refractivity contribution in [2.24, 2.45) is 0 Å². The average molecular weight is 295 g/mol. The highest BCUT2D eigenvalue weighted by Crippen LogP contribution is 2.34. The number of hydrogen-bond acceptors (Lipinski definition) is 2. The van der Waals surface area contributed by atoms with Crippen LogP contribution in [0.3, 0.4) is 0 Å². The highest BCUT2D eigenvalue weighted by molar-refractivity contribution is 6.33. The van der Waals surface area contributed by atoms with E-state index in [2.05, 4.69) is 36.2 Å². The van der Waals surface area contributed by atoms with Crippen molar-refractivity contribution in [3.05, 3.63) is 28.8 Å². The highest BCUT2D eigenvalue weighted by Gasteiger charge is 2.23. The third-order valence-electron chi connectivity index (χ3n) is 4.27. The van der Waals surface area contributed by atoms with E-state index in [1.54, 1.807) is 0 Å². The molecule has 0 spiro atoms. The number of halogens is 1. The van der Waals surface area contributed by atoms with Gasteiger partial charge in [0.25, 0.3) is 0 Å². The number of anilines is 1. The molecule has 2 rings (SSSR count). The summed E-state index contributed by atoms with van der Waals surface area (Å²) in [7, 11) is 0. The molecule has 1 aliphatic heterocycles. The summed E-state index contributed by atoms with van der Waals surface area (Å²) in [5, 5.41) is 4.34. The fourth-order valence-corrected chi connectivity index (χ4v) is 3.48. The molecule has 1 aliphatic rings. The fourth-order valence-electron chi connectivity index (χ4n) is 3.18. The Morgan fingerprint density at radius 2 is 2.10 bits per heavy atom. The Labute approximate surface area is 128 Å². The summed E-state index contributed by atoms with van der Waals surface area (Å²) in [4.78, 5) is 2.57. The maximum Gasteiger partial charge on any atom is 0.0643 e. The lowest BCUT2D eigenvalue weighted by Crippen LogP contribution is -2.35. The van der Waals surface area contributed by atoms with Crippen molar-refractivity contribution in [3.63, 3.8) is 0 Å². The molecule has 1 aromatic carbocycles. The molecule has 0 bridgehead atoms. The number of rotatable bonds is 5. The van der Waals surface area contributed by atoms with Gasteiger partial charge in [-0.1, -0.05) is 50.4 Å². The second-order valence-electron chi connectivity index (χ2n) is 5.63. The molecule has 1 fully saturated rings. The van der Waals surface area contributed by atoms with E-state index in [-0.39, 0.29) is 0 Å². The van der Waals surface area contributed by atoms with Gasteiger partial charge in [-0.25, -0.2) is 0 Å². The summed E-state index contributed by atoms with van der Waals surface area (Å²) in [6.45, 7) is 7.47. The van der Waals surface area contributed by atoms with E-state index in [1.165, 1.54) is 43.4 Å². The number of benzene rings is 1. The van der Waals surface area contributed by atoms with Gasteiger partial charge in [-0.3, -0.25) is 0 Å². The van der Waals surface area contributed by atoms with E-state index >= 15 is 0 Å². The Bertz CT molecular complexity index is 419. The van der Waals surface area contributed by atoms with Gasteiger partial charge in [0, 0.05) is 19.1 Å². The van der Waals surface area contributed by atoms with Crippen LogP contribution in [-0.2, 0) is 6.54 Å². The first kappa shape index (κ1) is 15.7. The predicted molar refractivity (Wildman–Crippen MR) is 88.7 cm³/mol. The molecule has 2 nitrogen and oxygen atoms in total. The number of hydrogen-bond donors (Lipinski definition) is 1. The van der Waals surface area contributed by atoms with Crippen molar-refractivity contribution in [1.29, 1.82) is 0 Å². The minimum atomic E-state index is 0.637. The number of para-hydroxylation sites is 1. The van der Waals surface area contributed by atoms with Crippen LogP contribution < -0.4 is 10.2 Å². The number of nitrogens with zero attached hydrogens (tertiary/aromatic N) is 1. The van der Waals surface area contributed by atoms with E-state index in [9.17, 15) is 0 Å². The van der Waals surface area contributed by atoms with E-state index in [0.717, 1.165) is 24.7 Å². The van der Waals surface area contributed by atoms with Gasteiger partial charge in [0.1, 0.15) is 0 Å². The SMILES string of the molecule is CCNCc1cccc(Cl)c1N1CCCCCC1CC. The molecule has 1 atom stereocenters. The lowest BCUT2D eigenvalue weighted by atomic mass is 10.0. The van der Waals surface area contributed by atoms with Crippen LogP contribution in [0.15, 0.2) is 18.2 Å². The van der Waals surface area contributed by atoms with Crippen LogP contribution in [0.4, 0.5) is 5.69 Å². The second kappa shape index (κ2) is 7.90. The summed E-state index contributed by atoms with van der Waals surface area (Å²) in [6.07, 6.45) is 6.47. The third kappa shape index (κ3) is 3.67. The summed E-state index contributed by atoms with van der Waals surface area (Å²) in [5.41, 5.74) is 2.60. The maximum absolute atomic E-state index is 6.55. The third-order valence-corrected chi connectivity index (χ3v) is 4.58. The molecule has 0 radical (unpaired) electrons. The summed E-state index contributed by atoms with van der Waals surface area (Å²) in [5.74, 6) is 0. The normalized spacial score (nSPS) is 19.9. The van der Waals surface area contributed by atoms with Crippen molar-refractivity contribution < 1.29 is 0 Å². The zero-order valence-electron chi connectivity index (χ0n) is 12.8. The first-order chi connectivity index (χ1) is 9.77. The molecular formula is C17H27ClN2. The molecule has 1 saturated heterocycles. The Balaban J connectivity index is 2.32. The monoisotopic (exact) mass is 294 g/mol. The fraction of sp³-hybridized carbons (Fsp3) is 0.647. The standard InChI is InChI=1S/C17H27ClN2/c1-3-15-10-6-5-7-12-20(15)17-14(13-19-4-2)9-8-11-16(17)18/h8-9,11,15,19H,3-7,10,12-13H2,1-2H3. The molecule has 112 valence electrons. The molecule has 0 saturated carbocycles. The van der Waals surface area contributed by atoms with Crippen LogP contribution >= 0.6 is 11.6 Å². The Morgan fingerprint density at radius 3 is 2.85 bits per heavy atom. The van der Waals surface area contributed by atoms with Crippen LogP contribution in [0.2, 0.25) is 5.02 Å². The molecule has 0 amide bonds. The topological polar surface area (TPSA) is 15.3 Å². The van der Waals surface area contributed by atoms with Gasteiger partial charge >= 0.3 is 0 Å². The molecule has 1 heterocycles. The smallest absolute Gasteiger partial charge is 0.0643 e. The Hall–Kier alpha value is -0.730. The zero-order chi connectivity index (χ0) is 14.4.